The monoisotopic (exact) mass is 233 g/mol. The van der Waals surface area contributed by atoms with Crippen molar-refractivity contribution in [2.75, 3.05) is 7.11 Å². The lowest BCUT2D eigenvalue weighted by Crippen LogP contribution is -2.13. The molecule has 17 heavy (non-hydrogen) atoms. The van der Waals surface area contributed by atoms with Crippen LogP contribution < -0.4 is 10.5 Å². The van der Waals surface area contributed by atoms with Crippen LogP contribution in [0.25, 0.3) is 11.0 Å². The third-order valence-corrected chi connectivity index (χ3v) is 2.84. The zero-order chi connectivity index (χ0) is 12.4. The summed E-state index contributed by atoms with van der Waals surface area (Å²) in [5.41, 5.74) is 8.04. The van der Waals surface area contributed by atoms with Gasteiger partial charge in [-0.1, -0.05) is 6.92 Å². The number of rotatable bonds is 4. The van der Waals surface area contributed by atoms with Crippen LogP contribution in [0.1, 0.15) is 32.1 Å². The highest BCUT2D eigenvalue weighted by Crippen LogP contribution is 2.24. The van der Waals surface area contributed by atoms with Crippen LogP contribution in [0.4, 0.5) is 0 Å². The highest BCUT2D eigenvalue weighted by atomic mass is 16.5. The fourth-order valence-corrected chi connectivity index (χ4v) is 2.06. The second-order valence-corrected chi connectivity index (χ2v) is 4.26. The van der Waals surface area contributed by atoms with E-state index in [4.69, 9.17) is 10.5 Å². The summed E-state index contributed by atoms with van der Waals surface area (Å²) in [5.74, 6) is 1.77. The summed E-state index contributed by atoms with van der Waals surface area (Å²) in [6.45, 7) is 5.06. The van der Waals surface area contributed by atoms with Crippen LogP contribution in [0.2, 0.25) is 0 Å². The van der Waals surface area contributed by atoms with Crippen molar-refractivity contribution in [2.24, 2.45) is 5.73 Å². The van der Waals surface area contributed by atoms with E-state index in [0.717, 1.165) is 35.6 Å². The molecule has 1 heterocycles. The summed E-state index contributed by atoms with van der Waals surface area (Å²) in [4.78, 5) is 4.60. The molecule has 4 nitrogen and oxygen atoms in total. The first-order valence-corrected chi connectivity index (χ1v) is 5.97. The maximum absolute atomic E-state index is 5.96. The molecule has 1 aromatic heterocycles. The van der Waals surface area contributed by atoms with E-state index in [9.17, 15) is 0 Å². The Bertz CT molecular complexity index is 517. The molecule has 0 aliphatic rings. The van der Waals surface area contributed by atoms with Crippen molar-refractivity contribution in [3.63, 3.8) is 0 Å². The molecule has 0 saturated heterocycles. The summed E-state index contributed by atoms with van der Waals surface area (Å²) >= 11 is 0. The Morgan fingerprint density at radius 2 is 2.24 bits per heavy atom. The Labute approximate surface area is 101 Å². The lowest BCUT2D eigenvalue weighted by molar-refractivity contribution is 0.415. The molecule has 2 aromatic rings. The molecule has 0 aliphatic carbocycles. The van der Waals surface area contributed by atoms with E-state index in [1.807, 2.05) is 25.1 Å². The first kappa shape index (κ1) is 11.9. The SMILES string of the molecule is CCCn1c(C(C)N)nc2cc(OC)ccc21. The second kappa shape index (κ2) is 4.75. The van der Waals surface area contributed by atoms with Gasteiger partial charge >= 0.3 is 0 Å². The summed E-state index contributed by atoms with van der Waals surface area (Å²) in [6, 6.07) is 5.90. The third kappa shape index (κ3) is 2.13. The number of methoxy groups -OCH3 is 1. The summed E-state index contributed by atoms with van der Waals surface area (Å²) in [5, 5.41) is 0. The van der Waals surface area contributed by atoms with Crippen LogP contribution in [0.15, 0.2) is 18.2 Å². The predicted molar refractivity (Wildman–Crippen MR) is 69.2 cm³/mol. The largest absolute Gasteiger partial charge is 0.497 e. The van der Waals surface area contributed by atoms with Crippen LogP contribution in [0, 0.1) is 0 Å². The van der Waals surface area contributed by atoms with Gasteiger partial charge in [0.15, 0.2) is 0 Å². The fraction of sp³-hybridized carbons (Fsp3) is 0.462. The molecular formula is C13H19N3O. The number of fused-ring (bicyclic) bond motifs is 1. The summed E-state index contributed by atoms with van der Waals surface area (Å²) in [6.07, 6.45) is 1.07. The molecule has 1 atom stereocenters. The number of imidazole rings is 1. The van der Waals surface area contributed by atoms with Gasteiger partial charge in [-0.25, -0.2) is 4.98 Å². The van der Waals surface area contributed by atoms with Gasteiger partial charge in [-0.3, -0.25) is 0 Å². The molecule has 1 unspecified atom stereocenters. The van der Waals surface area contributed by atoms with Gasteiger partial charge in [-0.05, 0) is 25.5 Å². The minimum Gasteiger partial charge on any atom is -0.497 e. The van der Waals surface area contributed by atoms with Crippen LogP contribution in [-0.4, -0.2) is 16.7 Å². The second-order valence-electron chi connectivity index (χ2n) is 4.26. The molecule has 2 rings (SSSR count). The molecule has 0 saturated carbocycles. The predicted octanol–water partition coefficient (Wildman–Crippen LogP) is 2.47. The number of nitrogens with zero attached hydrogens (tertiary/aromatic N) is 2. The van der Waals surface area contributed by atoms with E-state index < -0.39 is 0 Å². The molecule has 0 bridgehead atoms. The van der Waals surface area contributed by atoms with Gasteiger partial charge < -0.3 is 15.0 Å². The van der Waals surface area contributed by atoms with E-state index in [-0.39, 0.29) is 6.04 Å². The number of hydrogen-bond acceptors (Lipinski definition) is 3. The molecule has 4 heteroatoms. The minimum atomic E-state index is -0.0556. The Morgan fingerprint density at radius 3 is 2.82 bits per heavy atom. The number of ether oxygens (including phenoxy) is 1. The lowest BCUT2D eigenvalue weighted by atomic mass is 10.3. The normalized spacial score (nSPS) is 12.9. The zero-order valence-electron chi connectivity index (χ0n) is 10.6. The van der Waals surface area contributed by atoms with E-state index in [1.54, 1.807) is 7.11 Å². The Kier molecular flexibility index (Phi) is 3.33. The van der Waals surface area contributed by atoms with E-state index in [0.29, 0.717) is 0 Å². The first-order chi connectivity index (χ1) is 8.17. The van der Waals surface area contributed by atoms with Crippen LogP contribution in [-0.2, 0) is 6.54 Å². The van der Waals surface area contributed by atoms with E-state index >= 15 is 0 Å². The number of benzene rings is 1. The molecular weight excluding hydrogens is 214 g/mol. The van der Waals surface area contributed by atoms with Crippen LogP contribution >= 0.6 is 0 Å². The standard InChI is InChI=1S/C13H19N3O/c1-4-7-16-12-6-5-10(17-3)8-11(12)15-13(16)9(2)14/h5-6,8-9H,4,7,14H2,1-3H3. The molecule has 0 fully saturated rings. The number of nitrogens with two attached hydrogens (primary N) is 1. The maximum Gasteiger partial charge on any atom is 0.126 e. The molecule has 0 radical (unpaired) electrons. The van der Waals surface area contributed by atoms with Gasteiger partial charge in [-0.15, -0.1) is 0 Å². The minimum absolute atomic E-state index is 0.0556. The average molecular weight is 233 g/mol. The number of aryl methyl sites for hydroxylation is 1. The Morgan fingerprint density at radius 1 is 1.47 bits per heavy atom. The first-order valence-electron chi connectivity index (χ1n) is 5.97. The van der Waals surface area contributed by atoms with Crippen molar-refractivity contribution < 1.29 is 4.74 Å². The van der Waals surface area contributed by atoms with Crippen molar-refractivity contribution in [1.82, 2.24) is 9.55 Å². The maximum atomic E-state index is 5.96. The third-order valence-electron chi connectivity index (χ3n) is 2.84. The number of aromatic nitrogens is 2. The average Bonchev–Trinajstić information content (AvgIpc) is 2.68. The van der Waals surface area contributed by atoms with Crippen LogP contribution in [0.3, 0.4) is 0 Å². The smallest absolute Gasteiger partial charge is 0.126 e. The quantitative estimate of drug-likeness (QED) is 0.882. The lowest BCUT2D eigenvalue weighted by Gasteiger charge is -2.09. The van der Waals surface area contributed by atoms with Gasteiger partial charge in [0.25, 0.3) is 0 Å². The van der Waals surface area contributed by atoms with Gasteiger partial charge in [0.1, 0.15) is 11.6 Å². The topological polar surface area (TPSA) is 53.1 Å². The fourth-order valence-electron chi connectivity index (χ4n) is 2.06. The van der Waals surface area contributed by atoms with Gasteiger partial charge in [0.05, 0.1) is 24.2 Å². The van der Waals surface area contributed by atoms with Gasteiger partial charge in [-0.2, -0.15) is 0 Å². The Balaban J connectivity index is 2.61. The van der Waals surface area contributed by atoms with Crippen molar-refractivity contribution in [3.05, 3.63) is 24.0 Å². The zero-order valence-corrected chi connectivity index (χ0v) is 10.6. The van der Waals surface area contributed by atoms with Gasteiger partial charge in [0.2, 0.25) is 0 Å². The van der Waals surface area contributed by atoms with E-state index in [1.165, 1.54) is 0 Å². The highest BCUT2D eigenvalue weighted by molar-refractivity contribution is 5.78. The Hall–Kier alpha value is -1.55. The molecule has 0 spiro atoms. The van der Waals surface area contributed by atoms with Crippen molar-refractivity contribution in [2.45, 2.75) is 32.9 Å². The molecule has 2 N–H and O–H groups in total. The van der Waals surface area contributed by atoms with E-state index in [2.05, 4.69) is 16.5 Å². The molecule has 0 amide bonds. The molecule has 92 valence electrons. The molecule has 0 aliphatic heterocycles. The molecule has 1 aromatic carbocycles. The highest BCUT2D eigenvalue weighted by Gasteiger charge is 2.13. The van der Waals surface area contributed by atoms with Crippen molar-refractivity contribution in [3.8, 4) is 5.75 Å². The summed E-state index contributed by atoms with van der Waals surface area (Å²) < 4.78 is 7.41. The number of hydrogen-bond donors (Lipinski definition) is 1. The van der Waals surface area contributed by atoms with Gasteiger partial charge in [0, 0.05) is 12.6 Å². The summed E-state index contributed by atoms with van der Waals surface area (Å²) in [7, 11) is 1.66. The van der Waals surface area contributed by atoms with Crippen molar-refractivity contribution in [1.29, 1.82) is 0 Å². The van der Waals surface area contributed by atoms with Crippen molar-refractivity contribution >= 4 is 11.0 Å². The van der Waals surface area contributed by atoms with Crippen LogP contribution in [0.5, 0.6) is 5.75 Å².